The van der Waals surface area contributed by atoms with Gasteiger partial charge < -0.3 is 29.3 Å². The van der Waals surface area contributed by atoms with E-state index in [0.717, 1.165) is 31.8 Å². The maximum atomic E-state index is 11.7. The quantitative estimate of drug-likeness (QED) is 0.462. The molecule has 2 aliphatic rings. The van der Waals surface area contributed by atoms with Crippen LogP contribution in [0.2, 0.25) is 0 Å². The van der Waals surface area contributed by atoms with Gasteiger partial charge in [0.15, 0.2) is 0 Å². The number of aliphatic carboxylic acids is 2. The molecular formula is C22H29F6N3O8. The standard InChI is InChI=1S/C18H27N3O4.2C2HF3O2/c1-20(2)16(22)10-25-13-18-11-21(8-15(18)9-24-12-18)7-14-5-4-6-19-17(14)23-3;2*3-2(4,5)1(6)7/h4-6,15H,7-13H2,1-3H3;2*(H,6,7)/t15-,18+;;/m1../s1. The topological polar surface area (TPSA) is 139 Å². The average Bonchev–Trinajstić information content (AvgIpc) is 3.35. The number of methoxy groups -OCH3 is 1. The number of aromatic nitrogens is 1. The molecule has 222 valence electrons. The Labute approximate surface area is 219 Å². The third-order valence-electron chi connectivity index (χ3n) is 5.63. The number of carbonyl (C=O) groups excluding carboxylic acids is 1. The van der Waals surface area contributed by atoms with Crippen LogP contribution in [0.25, 0.3) is 0 Å². The number of likely N-dealkylation sites (tertiary alicyclic amines) is 1. The van der Waals surface area contributed by atoms with Gasteiger partial charge in [0.05, 0.1) is 26.9 Å². The first-order valence-electron chi connectivity index (χ1n) is 11.1. The number of ether oxygens (including phenoxy) is 3. The van der Waals surface area contributed by atoms with E-state index in [9.17, 15) is 31.1 Å². The lowest BCUT2D eigenvalue weighted by Gasteiger charge is -2.27. The van der Waals surface area contributed by atoms with Crippen LogP contribution >= 0.6 is 0 Å². The maximum absolute atomic E-state index is 11.7. The molecule has 0 radical (unpaired) electrons. The van der Waals surface area contributed by atoms with Gasteiger partial charge in [0.1, 0.15) is 6.61 Å². The van der Waals surface area contributed by atoms with Gasteiger partial charge in [-0.3, -0.25) is 9.69 Å². The zero-order valence-electron chi connectivity index (χ0n) is 21.2. The molecule has 3 heterocycles. The highest BCUT2D eigenvalue weighted by Gasteiger charge is 2.50. The Morgan fingerprint density at radius 1 is 1.15 bits per heavy atom. The molecule has 0 saturated carbocycles. The van der Waals surface area contributed by atoms with Crippen LogP contribution in [-0.4, -0.2) is 116 Å². The van der Waals surface area contributed by atoms with Gasteiger partial charge in [-0.1, -0.05) is 6.07 Å². The number of alkyl halides is 6. The van der Waals surface area contributed by atoms with Crippen molar-refractivity contribution in [3.8, 4) is 5.88 Å². The number of carboxylic acids is 2. The molecule has 0 unspecified atom stereocenters. The van der Waals surface area contributed by atoms with Gasteiger partial charge in [0.2, 0.25) is 11.8 Å². The van der Waals surface area contributed by atoms with E-state index in [4.69, 9.17) is 34.0 Å². The third-order valence-corrected chi connectivity index (χ3v) is 5.63. The molecule has 1 aromatic rings. The van der Waals surface area contributed by atoms with Crippen molar-refractivity contribution in [3.05, 3.63) is 23.9 Å². The van der Waals surface area contributed by atoms with Gasteiger partial charge >= 0.3 is 24.3 Å². The molecule has 39 heavy (non-hydrogen) atoms. The summed E-state index contributed by atoms with van der Waals surface area (Å²) in [6.45, 7) is 4.77. The van der Waals surface area contributed by atoms with Crippen molar-refractivity contribution in [2.75, 3.05) is 60.7 Å². The number of carboxylic acid groups (broad SMARTS) is 2. The van der Waals surface area contributed by atoms with Crippen LogP contribution in [0.3, 0.4) is 0 Å². The minimum Gasteiger partial charge on any atom is -0.481 e. The zero-order chi connectivity index (χ0) is 30.0. The number of hydrogen-bond donors (Lipinski definition) is 2. The Morgan fingerprint density at radius 2 is 1.72 bits per heavy atom. The number of rotatable bonds is 7. The summed E-state index contributed by atoms with van der Waals surface area (Å²) in [5.74, 6) is -4.41. The van der Waals surface area contributed by atoms with E-state index >= 15 is 0 Å². The van der Waals surface area contributed by atoms with Crippen molar-refractivity contribution in [1.29, 1.82) is 0 Å². The zero-order valence-corrected chi connectivity index (χ0v) is 21.2. The molecule has 2 atom stereocenters. The second-order valence-corrected chi connectivity index (χ2v) is 8.80. The van der Waals surface area contributed by atoms with Crippen LogP contribution in [0, 0.1) is 11.3 Å². The molecule has 0 bridgehead atoms. The molecule has 1 amide bonds. The maximum Gasteiger partial charge on any atom is 0.490 e. The van der Waals surface area contributed by atoms with Gasteiger partial charge in [-0.05, 0) is 6.07 Å². The number of likely N-dealkylation sites (N-methyl/N-ethyl adjacent to an activating group) is 1. The molecule has 2 N–H and O–H groups in total. The lowest BCUT2D eigenvalue weighted by Crippen LogP contribution is -2.37. The molecule has 0 spiro atoms. The summed E-state index contributed by atoms with van der Waals surface area (Å²) in [7, 11) is 5.13. The first-order chi connectivity index (χ1) is 17.9. The van der Waals surface area contributed by atoms with Crippen molar-refractivity contribution < 1.29 is 65.1 Å². The fraction of sp³-hybridized carbons (Fsp3) is 0.636. The van der Waals surface area contributed by atoms with E-state index in [1.165, 1.54) is 0 Å². The number of halogens is 6. The van der Waals surface area contributed by atoms with Gasteiger partial charge in [0, 0.05) is 56.8 Å². The van der Waals surface area contributed by atoms with E-state index in [2.05, 4.69) is 16.0 Å². The van der Waals surface area contributed by atoms with Crippen LogP contribution in [0.1, 0.15) is 5.56 Å². The van der Waals surface area contributed by atoms with Crippen LogP contribution < -0.4 is 4.74 Å². The Kier molecular flexibility index (Phi) is 12.4. The van der Waals surface area contributed by atoms with Gasteiger partial charge in [-0.15, -0.1) is 0 Å². The first kappa shape index (κ1) is 33.8. The smallest absolute Gasteiger partial charge is 0.481 e. The van der Waals surface area contributed by atoms with Crippen molar-refractivity contribution in [3.63, 3.8) is 0 Å². The van der Waals surface area contributed by atoms with E-state index in [1.54, 1.807) is 32.3 Å². The van der Waals surface area contributed by atoms with Crippen molar-refractivity contribution >= 4 is 17.8 Å². The fourth-order valence-corrected chi connectivity index (χ4v) is 3.71. The number of nitrogens with zero attached hydrogens (tertiary/aromatic N) is 3. The van der Waals surface area contributed by atoms with Crippen LogP contribution in [0.15, 0.2) is 18.3 Å². The highest BCUT2D eigenvalue weighted by Crippen LogP contribution is 2.42. The largest absolute Gasteiger partial charge is 0.490 e. The predicted molar refractivity (Wildman–Crippen MR) is 120 cm³/mol. The Balaban J connectivity index is 0.000000449. The van der Waals surface area contributed by atoms with Crippen LogP contribution in [-0.2, 0) is 30.4 Å². The minimum atomic E-state index is -5.08. The average molecular weight is 577 g/mol. The van der Waals surface area contributed by atoms with Gasteiger partial charge in [-0.2, -0.15) is 26.3 Å². The molecule has 1 aromatic heterocycles. The Bertz CT molecular complexity index is 952. The summed E-state index contributed by atoms with van der Waals surface area (Å²) in [6.07, 6.45) is -8.42. The third kappa shape index (κ3) is 10.8. The monoisotopic (exact) mass is 577 g/mol. The van der Waals surface area contributed by atoms with E-state index in [-0.39, 0.29) is 17.9 Å². The lowest BCUT2D eigenvalue weighted by molar-refractivity contribution is -0.193. The summed E-state index contributed by atoms with van der Waals surface area (Å²) in [6, 6.07) is 3.99. The summed E-state index contributed by atoms with van der Waals surface area (Å²) in [5, 5.41) is 14.2. The van der Waals surface area contributed by atoms with Gasteiger partial charge in [-0.25, -0.2) is 14.6 Å². The molecule has 0 aliphatic carbocycles. The highest BCUT2D eigenvalue weighted by atomic mass is 19.4. The molecule has 0 aromatic carbocycles. The summed E-state index contributed by atoms with van der Waals surface area (Å²) < 4.78 is 80.3. The SMILES string of the molecule is COc1ncccc1CN1C[C@@H]2COC[C@]2(COCC(=O)N(C)C)C1.O=C(O)C(F)(F)F.O=C(O)C(F)(F)F. The summed E-state index contributed by atoms with van der Waals surface area (Å²) in [4.78, 5) is 37.7. The summed E-state index contributed by atoms with van der Waals surface area (Å²) in [5.41, 5.74) is 1.06. The lowest BCUT2D eigenvalue weighted by atomic mass is 9.82. The van der Waals surface area contributed by atoms with Crippen molar-refractivity contribution in [2.45, 2.75) is 18.9 Å². The Hall–Kier alpha value is -3.18. The predicted octanol–water partition coefficient (Wildman–Crippen LogP) is 1.91. The van der Waals surface area contributed by atoms with E-state index < -0.39 is 24.3 Å². The summed E-state index contributed by atoms with van der Waals surface area (Å²) >= 11 is 0. The minimum absolute atomic E-state index is 0.0122. The Morgan fingerprint density at radius 3 is 2.21 bits per heavy atom. The fourth-order valence-electron chi connectivity index (χ4n) is 3.71. The van der Waals surface area contributed by atoms with Crippen LogP contribution in [0.5, 0.6) is 5.88 Å². The number of amides is 1. The van der Waals surface area contributed by atoms with E-state index in [1.807, 2.05) is 6.07 Å². The number of fused-ring (bicyclic) bond motifs is 1. The number of hydrogen-bond acceptors (Lipinski definition) is 8. The van der Waals surface area contributed by atoms with E-state index in [0.29, 0.717) is 25.0 Å². The molecule has 17 heteroatoms. The van der Waals surface area contributed by atoms with Gasteiger partial charge in [0.25, 0.3) is 0 Å². The normalized spacial score (nSPS) is 20.6. The molecule has 2 saturated heterocycles. The molecule has 3 rings (SSSR count). The second-order valence-electron chi connectivity index (χ2n) is 8.80. The molecule has 2 fully saturated rings. The highest BCUT2D eigenvalue weighted by molar-refractivity contribution is 5.76. The number of pyridine rings is 1. The van der Waals surface area contributed by atoms with Crippen molar-refractivity contribution in [1.82, 2.24) is 14.8 Å². The first-order valence-corrected chi connectivity index (χ1v) is 11.1. The molecule has 2 aliphatic heterocycles. The molecular weight excluding hydrogens is 548 g/mol. The number of carbonyl (C=O) groups is 3. The van der Waals surface area contributed by atoms with Crippen molar-refractivity contribution in [2.24, 2.45) is 11.3 Å². The molecule has 11 nitrogen and oxygen atoms in total. The van der Waals surface area contributed by atoms with Crippen LogP contribution in [0.4, 0.5) is 26.3 Å². The second kappa shape index (κ2) is 14.3.